The third-order valence-corrected chi connectivity index (χ3v) is 8.66. The number of carbonyl (C=O) groups is 1. The molecule has 3 atom stereocenters. The van der Waals surface area contributed by atoms with Crippen molar-refractivity contribution < 1.29 is 33.0 Å². The maximum Gasteiger partial charge on any atom is 0.435 e. The van der Waals surface area contributed by atoms with Gasteiger partial charge in [0.2, 0.25) is 0 Å². The summed E-state index contributed by atoms with van der Waals surface area (Å²) >= 11 is 7.87. The van der Waals surface area contributed by atoms with E-state index in [9.17, 15) is 14.3 Å². The maximum atomic E-state index is 11.6. The van der Waals surface area contributed by atoms with E-state index >= 15 is 0 Å². The predicted octanol–water partition coefficient (Wildman–Crippen LogP) is 8.12. The Bertz CT molecular complexity index is 750. The van der Waals surface area contributed by atoms with E-state index in [-0.39, 0.29) is 12.7 Å². The van der Waals surface area contributed by atoms with E-state index in [4.69, 9.17) is 25.6 Å². The number of hydrogen-bond acceptors (Lipinski definition) is 7. The van der Waals surface area contributed by atoms with Gasteiger partial charge in [-0.1, -0.05) is 50.6 Å². The second-order valence-corrected chi connectivity index (χ2v) is 12.2. The Morgan fingerprint density at radius 3 is 2.39 bits per heavy atom. The number of hydrogen-bond donors (Lipinski definition) is 1. The van der Waals surface area contributed by atoms with Crippen LogP contribution in [0.3, 0.4) is 0 Å². The normalized spacial score (nSPS) is 14.7. The van der Waals surface area contributed by atoms with Crippen LogP contribution in [0, 0.1) is 0 Å². The summed E-state index contributed by atoms with van der Waals surface area (Å²) in [5.74, 6) is 1.92. The number of methoxy groups -OCH3 is 1. The number of benzene rings is 1. The van der Waals surface area contributed by atoms with E-state index < -0.39 is 13.3 Å². The third-order valence-electron chi connectivity index (χ3n) is 5.66. The fourth-order valence-electron chi connectivity index (χ4n) is 3.53. The van der Waals surface area contributed by atoms with Gasteiger partial charge in [0.05, 0.1) is 26.4 Å². The highest BCUT2D eigenvalue weighted by molar-refractivity contribution is 7.99. The minimum absolute atomic E-state index is 0.0392. The van der Waals surface area contributed by atoms with Crippen LogP contribution in [-0.4, -0.2) is 54.6 Å². The lowest BCUT2D eigenvalue weighted by atomic mass is 10.1. The second kappa shape index (κ2) is 20.2. The summed E-state index contributed by atoms with van der Waals surface area (Å²) in [6, 6.07) is 7.44. The van der Waals surface area contributed by atoms with E-state index in [0.717, 1.165) is 44.3 Å². The molecule has 1 aromatic carbocycles. The van der Waals surface area contributed by atoms with E-state index in [0.29, 0.717) is 29.9 Å². The lowest BCUT2D eigenvalue weighted by Gasteiger charge is -2.24. The molecule has 0 aliphatic carbocycles. The van der Waals surface area contributed by atoms with Crippen molar-refractivity contribution in [3.63, 3.8) is 0 Å². The minimum Gasteiger partial charge on any atom is -0.494 e. The lowest BCUT2D eigenvalue weighted by Crippen LogP contribution is -2.25. The quantitative estimate of drug-likeness (QED) is 0.111. The highest BCUT2D eigenvalue weighted by Gasteiger charge is 2.31. The van der Waals surface area contributed by atoms with Crippen molar-refractivity contribution in [3.05, 3.63) is 29.3 Å². The summed E-state index contributed by atoms with van der Waals surface area (Å²) < 4.78 is 32.5. The van der Waals surface area contributed by atoms with Gasteiger partial charge in [-0.15, -0.1) is 0 Å². The largest absolute Gasteiger partial charge is 0.494 e. The summed E-state index contributed by atoms with van der Waals surface area (Å²) in [6.07, 6.45) is 11.1. The summed E-state index contributed by atoms with van der Waals surface area (Å²) in [4.78, 5) is 20.7. The number of halogens is 1. The van der Waals surface area contributed by atoms with Crippen LogP contribution in [0.25, 0.3) is 0 Å². The molecule has 1 N–H and O–H groups in total. The highest BCUT2D eigenvalue weighted by Crippen LogP contribution is 2.43. The van der Waals surface area contributed by atoms with Gasteiger partial charge in [-0.25, -0.2) is 9.36 Å². The first-order chi connectivity index (χ1) is 17.3. The molecule has 0 fully saturated rings. The molecule has 0 heterocycles. The molecule has 1 aromatic rings. The monoisotopic (exact) mass is 566 g/mol. The fraction of sp³-hybridized carbons (Fsp3) is 0.731. The maximum absolute atomic E-state index is 11.6. The first kappa shape index (κ1) is 33.3. The standard InChI is InChI=1S/C26H44ClO7PS/c1-4-5-6-7-9-13-25(22(2)32-19-12-20-34-35(29,30)26(28)31-3)36-21-11-8-10-18-33-24-16-14-23(27)15-17-24/h14-17,22,25H,4-13,18-21H2,1-3H3,(H,29,30)/t22-,25+/m0/s1. The number of carbonyl (C=O) groups excluding carboxylic acids is 1. The molecule has 0 spiro atoms. The highest BCUT2D eigenvalue weighted by atomic mass is 35.5. The molecule has 0 aromatic heterocycles. The van der Waals surface area contributed by atoms with Crippen LogP contribution in [0.5, 0.6) is 5.75 Å². The van der Waals surface area contributed by atoms with E-state index in [1.54, 1.807) is 0 Å². The summed E-state index contributed by atoms with van der Waals surface area (Å²) in [5, 5.41) is 1.11. The van der Waals surface area contributed by atoms with E-state index in [2.05, 4.69) is 18.6 Å². The number of unbranched alkanes of at least 4 members (excludes halogenated alkanes) is 6. The van der Waals surface area contributed by atoms with Crippen molar-refractivity contribution in [1.82, 2.24) is 0 Å². The Morgan fingerprint density at radius 2 is 1.69 bits per heavy atom. The van der Waals surface area contributed by atoms with Crippen molar-refractivity contribution in [2.45, 2.75) is 89.4 Å². The van der Waals surface area contributed by atoms with Crippen molar-refractivity contribution in [2.75, 3.05) is 32.7 Å². The molecule has 36 heavy (non-hydrogen) atoms. The molecular formula is C26H44ClO7PS. The average molecular weight is 567 g/mol. The van der Waals surface area contributed by atoms with Crippen molar-refractivity contribution in [2.24, 2.45) is 0 Å². The van der Waals surface area contributed by atoms with Gasteiger partial charge in [0.15, 0.2) is 0 Å². The molecule has 0 saturated heterocycles. The van der Waals surface area contributed by atoms with Gasteiger partial charge in [-0.2, -0.15) is 11.8 Å². The number of ether oxygens (including phenoxy) is 3. The van der Waals surface area contributed by atoms with Crippen LogP contribution < -0.4 is 4.74 Å². The zero-order valence-corrected chi connectivity index (χ0v) is 24.5. The molecule has 1 unspecified atom stereocenters. The first-order valence-electron chi connectivity index (χ1n) is 13.0. The summed E-state index contributed by atoms with van der Waals surface area (Å²) in [5.41, 5.74) is -1.24. The molecule has 208 valence electrons. The zero-order valence-electron chi connectivity index (χ0n) is 22.0. The lowest BCUT2D eigenvalue weighted by molar-refractivity contribution is 0.0536. The van der Waals surface area contributed by atoms with Crippen molar-refractivity contribution in [1.29, 1.82) is 0 Å². The van der Waals surface area contributed by atoms with E-state index in [1.165, 1.54) is 32.1 Å². The van der Waals surface area contributed by atoms with Crippen molar-refractivity contribution in [3.8, 4) is 5.75 Å². The fourth-order valence-corrected chi connectivity index (χ4v) is 5.73. The van der Waals surface area contributed by atoms with Crippen LogP contribution in [-0.2, 0) is 18.6 Å². The van der Waals surface area contributed by atoms with Gasteiger partial charge in [0, 0.05) is 16.9 Å². The zero-order chi connectivity index (χ0) is 26.7. The van der Waals surface area contributed by atoms with Crippen LogP contribution in [0.4, 0.5) is 4.79 Å². The van der Waals surface area contributed by atoms with Crippen LogP contribution in [0.15, 0.2) is 24.3 Å². The molecule has 0 radical (unpaired) electrons. The van der Waals surface area contributed by atoms with Gasteiger partial charge in [-0.05, 0) is 69.0 Å². The SMILES string of the molecule is CCCCCCC[C@@H](SCCCCCOc1ccc(Cl)cc1)[C@H](C)OCCCOP(=O)(O)C(=O)OC. The van der Waals surface area contributed by atoms with Crippen LogP contribution in [0.1, 0.15) is 78.1 Å². The van der Waals surface area contributed by atoms with Gasteiger partial charge < -0.3 is 23.6 Å². The molecule has 1 rings (SSSR count). The van der Waals surface area contributed by atoms with E-state index in [1.807, 2.05) is 36.0 Å². The Balaban J connectivity index is 2.30. The molecule has 0 saturated carbocycles. The van der Waals surface area contributed by atoms with Gasteiger partial charge in [0.25, 0.3) is 0 Å². The summed E-state index contributed by atoms with van der Waals surface area (Å²) in [7, 11) is -3.32. The third kappa shape index (κ3) is 15.5. The number of thioether (sulfide) groups is 1. The van der Waals surface area contributed by atoms with Gasteiger partial charge in [-0.3, -0.25) is 0 Å². The van der Waals surface area contributed by atoms with Gasteiger partial charge in [0.1, 0.15) is 5.75 Å². The van der Waals surface area contributed by atoms with Crippen LogP contribution >= 0.6 is 31.0 Å². The molecule has 0 amide bonds. The Labute approximate surface area is 226 Å². The van der Waals surface area contributed by atoms with Crippen molar-refractivity contribution >= 4 is 36.7 Å². The molecule has 0 aliphatic rings. The Hall–Kier alpha value is -0.760. The molecule has 0 aliphatic heterocycles. The Morgan fingerprint density at radius 1 is 1.00 bits per heavy atom. The number of rotatable bonds is 22. The average Bonchev–Trinajstić information content (AvgIpc) is 2.86. The Kier molecular flexibility index (Phi) is 18.7. The molecule has 10 heteroatoms. The molecule has 7 nitrogen and oxygen atoms in total. The molecule has 0 bridgehead atoms. The molecular weight excluding hydrogens is 523 g/mol. The first-order valence-corrected chi connectivity index (χ1v) is 16.0. The topological polar surface area (TPSA) is 91.3 Å². The van der Waals surface area contributed by atoms with Crippen LogP contribution in [0.2, 0.25) is 5.02 Å². The van der Waals surface area contributed by atoms with Gasteiger partial charge >= 0.3 is 13.3 Å². The minimum atomic E-state index is -4.37. The smallest absolute Gasteiger partial charge is 0.435 e. The summed E-state index contributed by atoms with van der Waals surface area (Å²) in [6.45, 7) is 5.38. The second-order valence-electron chi connectivity index (χ2n) is 8.73. The predicted molar refractivity (Wildman–Crippen MR) is 149 cm³/mol.